The Bertz CT molecular complexity index is 1850. The third-order valence-corrected chi connectivity index (χ3v) is 9.48. The highest BCUT2D eigenvalue weighted by Gasteiger charge is 2.39. The van der Waals surface area contributed by atoms with Gasteiger partial charge in [-0.2, -0.15) is 0 Å². The molecule has 0 radical (unpaired) electrons. The average molecular weight is 556 g/mol. The molecule has 43 heavy (non-hydrogen) atoms. The monoisotopic (exact) mass is 555 g/mol. The number of hydrogen-bond donors (Lipinski definition) is 0. The molecule has 1 aliphatic carbocycles. The van der Waals surface area contributed by atoms with Crippen molar-refractivity contribution in [3.05, 3.63) is 161 Å². The van der Waals surface area contributed by atoms with Crippen molar-refractivity contribution in [3.8, 4) is 33.4 Å². The van der Waals surface area contributed by atoms with Crippen LogP contribution in [0.15, 0.2) is 133 Å². The van der Waals surface area contributed by atoms with Crippen LogP contribution in [0.2, 0.25) is 0 Å². The molecule has 0 amide bonds. The maximum Gasteiger partial charge on any atom is 0.0543 e. The number of fused-ring (bicyclic) bond motifs is 3. The minimum Gasteiger partial charge on any atom is -0.310 e. The Balaban J connectivity index is 1.43. The standard InChI is InChI=1S/C42H37N/c1-28-27-37-40-38(42(4,5)41(37)30(3)29(28)2)17-12-18-39(40)43(35-23-19-33(20-24-35)31-13-8-6-9-14-31)36-25-21-34(22-26-36)32-15-10-7-11-16-32/h6-27H,1-5H3. The summed E-state index contributed by atoms with van der Waals surface area (Å²) in [6.07, 6.45) is 0. The number of aryl methyl sites for hydroxylation is 1. The maximum atomic E-state index is 2.44. The number of anilines is 3. The third-order valence-electron chi connectivity index (χ3n) is 9.48. The van der Waals surface area contributed by atoms with Crippen LogP contribution >= 0.6 is 0 Å². The summed E-state index contributed by atoms with van der Waals surface area (Å²) < 4.78 is 0. The van der Waals surface area contributed by atoms with E-state index in [2.05, 4.69) is 173 Å². The third kappa shape index (κ3) is 4.48. The second-order valence-corrected chi connectivity index (χ2v) is 12.4. The summed E-state index contributed by atoms with van der Waals surface area (Å²) in [6.45, 7) is 11.6. The van der Waals surface area contributed by atoms with E-state index in [9.17, 15) is 0 Å². The fourth-order valence-electron chi connectivity index (χ4n) is 7.04. The Labute approximate surface area is 256 Å². The van der Waals surface area contributed by atoms with Gasteiger partial charge < -0.3 is 4.90 Å². The van der Waals surface area contributed by atoms with Crippen LogP contribution in [0.4, 0.5) is 17.1 Å². The van der Waals surface area contributed by atoms with Crippen LogP contribution < -0.4 is 4.90 Å². The zero-order valence-corrected chi connectivity index (χ0v) is 25.6. The molecule has 0 heterocycles. The molecule has 210 valence electrons. The van der Waals surface area contributed by atoms with E-state index in [-0.39, 0.29) is 5.41 Å². The van der Waals surface area contributed by atoms with Crippen LogP contribution in [0.1, 0.15) is 41.7 Å². The van der Waals surface area contributed by atoms with Gasteiger partial charge in [-0.15, -0.1) is 0 Å². The van der Waals surface area contributed by atoms with E-state index >= 15 is 0 Å². The summed E-state index contributed by atoms with van der Waals surface area (Å²) in [5.74, 6) is 0. The molecule has 0 N–H and O–H groups in total. The highest BCUT2D eigenvalue weighted by molar-refractivity contribution is 5.96. The fraction of sp³-hybridized carbons (Fsp3) is 0.143. The first kappa shape index (κ1) is 27.0. The van der Waals surface area contributed by atoms with E-state index in [0.29, 0.717) is 0 Å². The first-order chi connectivity index (χ1) is 20.8. The maximum absolute atomic E-state index is 2.44. The van der Waals surface area contributed by atoms with Crippen molar-refractivity contribution in [3.63, 3.8) is 0 Å². The van der Waals surface area contributed by atoms with E-state index in [1.54, 1.807) is 0 Å². The minimum atomic E-state index is -0.0801. The highest BCUT2D eigenvalue weighted by atomic mass is 15.1. The lowest BCUT2D eigenvalue weighted by atomic mass is 9.79. The van der Waals surface area contributed by atoms with Crippen molar-refractivity contribution in [2.45, 2.75) is 40.0 Å². The summed E-state index contributed by atoms with van der Waals surface area (Å²) in [6, 6.07) is 48.5. The molecule has 0 aliphatic heterocycles. The van der Waals surface area contributed by atoms with Crippen molar-refractivity contribution in [2.75, 3.05) is 4.90 Å². The van der Waals surface area contributed by atoms with Gasteiger partial charge in [-0.25, -0.2) is 0 Å². The van der Waals surface area contributed by atoms with Gasteiger partial charge in [0.05, 0.1) is 5.69 Å². The summed E-state index contributed by atoms with van der Waals surface area (Å²) >= 11 is 0. The van der Waals surface area contributed by atoms with E-state index in [0.717, 1.165) is 11.4 Å². The van der Waals surface area contributed by atoms with E-state index in [4.69, 9.17) is 0 Å². The van der Waals surface area contributed by atoms with Gasteiger partial charge in [0.1, 0.15) is 0 Å². The van der Waals surface area contributed by atoms with Gasteiger partial charge in [0.25, 0.3) is 0 Å². The van der Waals surface area contributed by atoms with Crippen molar-refractivity contribution in [1.29, 1.82) is 0 Å². The lowest BCUT2D eigenvalue weighted by molar-refractivity contribution is 0.654. The van der Waals surface area contributed by atoms with Crippen molar-refractivity contribution < 1.29 is 0 Å². The molecule has 1 aliphatic rings. The molecule has 7 rings (SSSR count). The zero-order chi connectivity index (χ0) is 29.7. The van der Waals surface area contributed by atoms with E-state index < -0.39 is 0 Å². The van der Waals surface area contributed by atoms with Gasteiger partial charge in [0.2, 0.25) is 0 Å². The average Bonchev–Trinajstić information content (AvgIpc) is 3.28. The van der Waals surface area contributed by atoms with Crippen LogP contribution in [-0.4, -0.2) is 0 Å². The van der Waals surface area contributed by atoms with Crippen LogP contribution in [0.3, 0.4) is 0 Å². The molecular weight excluding hydrogens is 518 g/mol. The molecule has 0 atom stereocenters. The van der Waals surface area contributed by atoms with Gasteiger partial charge >= 0.3 is 0 Å². The normalized spacial score (nSPS) is 13.0. The van der Waals surface area contributed by atoms with Crippen molar-refractivity contribution in [1.82, 2.24) is 0 Å². The molecule has 0 bridgehead atoms. The summed E-state index contributed by atoms with van der Waals surface area (Å²) in [5.41, 5.74) is 18.0. The smallest absolute Gasteiger partial charge is 0.0543 e. The van der Waals surface area contributed by atoms with Crippen molar-refractivity contribution in [2.24, 2.45) is 0 Å². The molecule has 6 aromatic rings. The molecule has 6 aromatic carbocycles. The lowest BCUT2D eigenvalue weighted by Gasteiger charge is -2.29. The lowest BCUT2D eigenvalue weighted by Crippen LogP contribution is -2.17. The largest absolute Gasteiger partial charge is 0.310 e. The predicted octanol–water partition coefficient (Wildman–Crippen LogP) is 11.7. The van der Waals surface area contributed by atoms with Crippen molar-refractivity contribution >= 4 is 17.1 Å². The number of nitrogens with zero attached hydrogens (tertiary/aromatic N) is 1. The molecule has 1 nitrogen and oxygen atoms in total. The van der Waals surface area contributed by atoms with Gasteiger partial charge in [-0.1, -0.05) is 117 Å². The first-order valence-electron chi connectivity index (χ1n) is 15.2. The van der Waals surface area contributed by atoms with Gasteiger partial charge in [-0.05, 0) is 107 Å². The molecule has 0 saturated heterocycles. The van der Waals surface area contributed by atoms with Crippen LogP contribution in [0.5, 0.6) is 0 Å². The number of rotatable bonds is 5. The molecule has 1 heteroatoms. The van der Waals surface area contributed by atoms with Crippen LogP contribution in [-0.2, 0) is 5.41 Å². The molecular formula is C42H37N. The SMILES string of the molecule is Cc1cc2c(c(C)c1C)C(C)(C)c1cccc(N(c3ccc(-c4ccccc4)cc3)c3ccc(-c4ccccc4)cc3)c1-2. The van der Waals surface area contributed by atoms with Gasteiger partial charge in [-0.3, -0.25) is 0 Å². The Hall–Kier alpha value is -4.88. The Morgan fingerprint density at radius 2 is 0.977 bits per heavy atom. The zero-order valence-electron chi connectivity index (χ0n) is 25.6. The number of benzene rings is 6. The Morgan fingerprint density at radius 1 is 0.488 bits per heavy atom. The second-order valence-electron chi connectivity index (χ2n) is 12.4. The second kappa shape index (κ2) is 10.4. The summed E-state index contributed by atoms with van der Waals surface area (Å²) in [4.78, 5) is 2.44. The summed E-state index contributed by atoms with van der Waals surface area (Å²) in [7, 11) is 0. The van der Waals surface area contributed by atoms with E-state index in [1.807, 2.05) is 0 Å². The van der Waals surface area contributed by atoms with E-state index in [1.165, 1.54) is 66.9 Å². The van der Waals surface area contributed by atoms with Crippen LogP contribution in [0.25, 0.3) is 33.4 Å². The first-order valence-corrected chi connectivity index (χ1v) is 15.2. The van der Waals surface area contributed by atoms with Gasteiger partial charge in [0.15, 0.2) is 0 Å². The fourth-order valence-corrected chi connectivity index (χ4v) is 7.04. The molecule has 0 aromatic heterocycles. The minimum absolute atomic E-state index is 0.0801. The highest BCUT2D eigenvalue weighted by Crippen LogP contribution is 2.55. The topological polar surface area (TPSA) is 3.24 Å². The molecule has 0 spiro atoms. The van der Waals surface area contributed by atoms with Gasteiger partial charge in [0, 0.05) is 22.4 Å². The molecule has 0 unspecified atom stereocenters. The molecule has 0 saturated carbocycles. The predicted molar refractivity (Wildman–Crippen MR) is 184 cm³/mol. The summed E-state index contributed by atoms with van der Waals surface area (Å²) in [5, 5.41) is 0. The number of hydrogen-bond acceptors (Lipinski definition) is 1. The Kier molecular flexibility index (Phi) is 6.55. The Morgan fingerprint density at radius 3 is 1.49 bits per heavy atom. The quantitative estimate of drug-likeness (QED) is 0.204. The van der Waals surface area contributed by atoms with Crippen LogP contribution in [0, 0.1) is 20.8 Å². The molecule has 0 fully saturated rings.